The Balaban J connectivity index is 1.61. The molecule has 2 atom stereocenters. The normalized spacial score (nSPS) is 28.8. The predicted octanol–water partition coefficient (Wildman–Crippen LogP) is 2.28. The molecular weight excluding hydrogens is 322 g/mol. The molecule has 2 fully saturated rings. The third kappa shape index (κ3) is 4.22. The van der Waals surface area contributed by atoms with Gasteiger partial charge in [-0.1, -0.05) is 12.1 Å². The summed E-state index contributed by atoms with van der Waals surface area (Å²) in [6, 6.07) is 7.33. The van der Waals surface area contributed by atoms with E-state index in [1.165, 1.54) is 0 Å². The summed E-state index contributed by atoms with van der Waals surface area (Å²) in [5.41, 5.74) is 1.71. The molecule has 3 N–H and O–H groups in total. The van der Waals surface area contributed by atoms with Crippen molar-refractivity contribution in [1.29, 1.82) is 0 Å². The van der Waals surface area contributed by atoms with Crippen molar-refractivity contribution in [1.82, 2.24) is 5.32 Å². The number of carbonyl (C=O) groups excluding carboxylic acids is 1. The van der Waals surface area contributed by atoms with Crippen molar-refractivity contribution in [2.45, 2.75) is 44.9 Å². The van der Waals surface area contributed by atoms with Gasteiger partial charge in [-0.2, -0.15) is 0 Å². The van der Waals surface area contributed by atoms with Crippen LogP contribution in [0.1, 0.15) is 26.7 Å². The van der Waals surface area contributed by atoms with Crippen molar-refractivity contribution >= 4 is 23.4 Å². The van der Waals surface area contributed by atoms with Crippen LogP contribution >= 0.6 is 0 Å². The van der Waals surface area contributed by atoms with Crippen molar-refractivity contribution in [3.05, 3.63) is 24.3 Å². The molecule has 0 bridgehead atoms. The predicted molar refractivity (Wildman–Crippen MR) is 95.0 cm³/mol. The van der Waals surface area contributed by atoms with E-state index in [0.29, 0.717) is 12.8 Å². The number of ether oxygens (including phenoxy) is 1. The van der Waals surface area contributed by atoms with Gasteiger partial charge in [0.05, 0.1) is 29.5 Å². The highest BCUT2D eigenvalue weighted by molar-refractivity contribution is 5.93. The maximum Gasteiger partial charge on any atom is 0.319 e. The number of nitrogens with one attached hydrogen (secondary N) is 2. The van der Waals surface area contributed by atoms with E-state index >= 15 is 0 Å². The average molecular weight is 347 g/mol. The van der Waals surface area contributed by atoms with Crippen molar-refractivity contribution in [2.24, 2.45) is 5.92 Å². The van der Waals surface area contributed by atoms with Gasteiger partial charge in [0.2, 0.25) is 0 Å². The molecule has 1 aliphatic heterocycles. The van der Waals surface area contributed by atoms with Gasteiger partial charge in [0.15, 0.2) is 0 Å². The minimum Gasteiger partial charge on any atom is -0.481 e. The van der Waals surface area contributed by atoms with Crippen LogP contribution in [0.4, 0.5) is 16.2 Å². The van der Waals surface area contributed by atoms with E-state index < -0.39 is 5.97 Å². The summed E-state index contributed by atoms with van der Waals surface area (Å²) in [6.45, 7) is 5.63. The fourth-order valence-corrected chi connectivity index (χ4v) is 3.51. The first-order valence-corrected chi connectivity index (χ1v) is 8.72. The number of hydrogen-bond donors (Lipinski definition) is 3. The fourth-order valence-electron chi connectivity index (χ4n) is 3.51. The molecule has 0 spiro atoms. The first-order chi connectivity index (χ1) is 11.9. The van der Waals surface area contributed by atoms with Crippen LogP contribution in [-0.4, -0.2) is 48.4 Å². The monoisotopic (exact) mass is 347 g/mol. The van der Waals surface area contributed by atoms with Crippen molar-refractivity contribution in [3.63, 3.8) is 0 Å². The van der Waals surface area contributed by atoms with Gasteiger partial charge in [0, 0.05) is 19.1 Å². The molecule has 136 valence electrons. The molecule has 0 radical (unpaired) electrons. The van der Waals surface area contributed by atoms with E-state index in [9.17, 15) is 9.59 Å². The van der Waals surface area contributed by atoms with E-state index in [1.807, 2.05) is 38.1 Å². The summed E-state index contributed by atoms with van der Waals surface area (Å²) in [7, 11) is 0. The molecule has 1 aliphatic carbocycles. The molecule has 7 heteroatoms. The number of anilines is 2. The van der Waals surface area contributed by atoms with E-state index in [2.05, 4.69) is 15.5 Å². The minimum absolute atomic E-state index is 0.0725. The standard InChI is InChI=1S/C18H25N3O4/c1-11-9-21(10-12(2)25-11)16-6-4-3-5-15(16)20-18(24)19-14-7-13(8-14)17(22)23/h3-6,11-14H,7-10H2,1-2H3,(H,22,23)(H2,19,20,24). The Hall–Kier alpha value is -2.28. The molecule has 1 heterocycles. The number of rotatable bonds is 4. The largest absolute Gasteiger partial charge is 0.481 e. The molecule has 1 aromatic carbocycles. The Labute approximate surface area is 147 Å². The van der Waals surface area contributed by atoms with Crippen molar-refractivity contribution in [2.75, 3.05) is 23.3 Å². The lowest BCUT2D eigenvalue weighted by Crippen LogP contribution is -2.48. The van der Waals surface area contributed by atoms with Gasteiger partial charge in [-0.05, 0) is 38.8 Å². The summed E-state index contributed by atoms with van der Waals surface area (Å²) in [4.78, 5) is 25.3. The van der Waals surface area contributed by atoms with Gasteiger partial charge in [-0.3, -0.25) is 4.79 Å². The van der Waals surface area contributed by atoms with Crippen LogP contribution in [0, 0.1) is 5.92 Å². The number of benzene rings is 1. The van der Waals surface area contributed by atoms with Crippen LogP contribution in [-0.2, 0) is 9.53 Å². The topological polar surface area (TPSA) is 90.9 Å². The summed E-state index contributed by atoms with van der Waals surface area (Å²) in [6.07, 6.45) is 1.24. The van der Waals surface area contributed by atoms with E-state index in [-0.39, 0.29) is 30.2 Å². The number of amides is 2. The Morgan fingerprint density at radius 1 is 1.16 bits per heavy atom. The Morgan fingerprint density at radius 3 is 2.44 bits per heavy atom. The summed E-state index contributed by atoms with van der Waals surface area (Å²) in [5, 5.41) is 14.6. The second-order valence-corrected chi connectivity index (χ2v) is 6.98. The highest BCUT2D eigenvalue weighted by Crippen LogP contribution is 2.30. The molecular formula is C18H25N3O4. The van der Waals surface area contributed by atoms with Crippen LogP contribution in [0.5, 0.6) is 0 Å². The van der Waals surface area contributed by atoms with E-state index in [0.717, 1.165) is 24.5 Å². The quantitative estimate of drug-likeness (QED) is 0.777. The van der Waals surface area contributed by atoms with Crippen LogP contribution in [0.25, 0.3) is 0 Å². The summed E-state index contributed by atoms with van der Waals surface area (Å²) in [5.74, 6) is -1.13. The van der Waals surface area contributed by atoms with Crippen LogP contribution < -0.4 is 15.5 Å². The average Bonchev–Trinajstić information content (AvgIpc) is 2.49. The zero-order chi connectivity index (χ0) is 18.0. The van der Waals surface area contributed by atoms with Crippen LogP contribution in [0.15, 0.2) is 24.3 Å². The summed E-state index contributed by atoms with van der Waals surface area (Å²) < 4.78 is 5.77. The lowest BCUT2D eigenvalue weighted by molar-refractivity contribution is -0.145. The maximum atomic E-state index is 12.2. The van der Waals surface area contributed by atoms with Crippen molar-refractivity contribution < 1.29 is 19.4 Å². The maximum absolute atomic E-state index is 12.2. The van der Waals surface area contributed by atoms with Crippen LogP contribution in [0.3, 0.4) is 0 Å². The molecule has 1 aromatic rings. The number of aliphatic carboxylic acids is 1. The molecule has 1 saturated heterocycles. The molecule has 0 aromatic heterocycles. The van der Waals surface area contributed by atoms with Gasteiger partial charge < -0.3 is 25.4 Å². The Kier molecular flexibility index (Phi) is 5.13. The number of hydrogen-bond acceptors (Lipinski definition) is 4. The van der Waals surface area contributed by atoms with Gasteiger partial charge in [0.1, 0.15) is 0 Å². The summed E-state index contributed by atoms with van der Waals surface area (Å²) >= 11 is 0. The molecule has 1 saturated carbocycles. The van der Waals surface area contributed by atoms with Crippen molar-refractivity contribution in [3.8, 4) is 0 Å². The first kappa shape index (κ1) is 17.5. The third-order valence-corrected chi connectivity index (χ3v) is 4.74. The molecule has 7 nitrogen and oxygen atoms in total. The number of para-hydroxylation sites is 2. The number of urea groups is 1. The minimum atomic E-state index is -0.792. The third-order valence-electron chi connectivity index (χ3n) is 4.74. The molecule has 2 unspecified atom stereocenters. The van der Waals surface area contributed by atoms with E-state index in [4.69, 9.17) is 9.84 Å². The number of carbonyl (C=O) groups is 2. The SMILES string of the molecule is CC1CN(c2ccccc2NC(=O)NC2CC(C(=O)O)C2)CC(C)O1. The molecule has 25 heavy (non-hydrogen) atoms. The number of morpholine rings is 1. The number of carboxylic acids is 1. The second kappa shape index (κ2) is 7.31. The highest BCUT2D eigenvalue weighted by Gasteiger charge is 2.35. The highest BCUT2D eigenvalue weighted by atomic mass is 16.5. The smallest absolute Gasteiger partial charge is 0.319 e. The molecule has 2 amide bonds. The second-order valence-electron chi connectivity index (χ2n) is 6.98. The first-order valence-electron chi connectivity index (χ1n) is 8.72. The fraction of sp³-hybridized carbons (Fsp3) is 0.556. The Bertz CT molecular complexity index is 635. The van der Waals surface area contributed by atoms with Gasteiger partial charge in [-0.15, -0.1) is 0 Å². The number of carboxylic acid groups (broad SMARTS) is 1. The number of nitrogens with zero attached hydrogens (tertiary/aromatic N) is 1. The van der Waals surface area contributed by atoms with Gasteiger partial charge in [-0.25, -0.2) is 4.79 Å². The Morgan fingerprint density at radius 2 is 1.80 bits per heavy atom. The van der Waals surface area contributed by atoms with E-state index in [1.54, 1.807) is 0 Å². The molecule has 2 aliphatic rings. The lowest BCUT2D eigenvalue weighted by atomic mass is 9.80. The molecule has 3 rings (SSSR count). The lowest BCUT2D eigenvalue weighted by Gasteiger charge is -2.38. The zero-order valence-electron chi connectivity index (χ0n) is 14.6. The van der Waals surface area contributed by atoms with Crippen LogP contribution in [0.2, 0.25) is 0 Å². The van der Waals surface area contributed by atoms with Gasteiger partial charge in [0.25, 0.3) is 0 Å². The zero-order valence-corrected chi connectivity index (χ0v) is 14.6. The van der Waals surface area contributed by atoms with Gasteiger partial charge >= 0.3 is 12.0 Å².